The molecule has 202 valence electrons. The monoisotopic (exact) mass is 565 g/mol. The predicted octanol–water partition coefficient (Wildman–Crippen LogP) is 3.32. The van der Waals surface area contributed by atoms with Crippen molar-refractivity contribution in [2.45, 2.75) is 42.4 Å². The number of carbonyl (C=O) groups is 1. The molecule has 0 radical (unpaired) electrons. The summed E-state index contributed by atoms with van der Waals surface area (Å²) in [5.41, 5.74) is 4.90. The van der Waals surface area contributed by atoms with Crippen molar-refractivity contribution < 1.29 is 26.4 Å². The minimum Gasteiger partial charge on any atom is -0.420 e. The molecule has 1 amide bonds. The molecule has 1 saturated heterocycles. The van der Waals surface area contributed by atoms with Gasteiger partial charge in [-0.15, -0.1) is 10.2 Å². The maximum absolute atomic E-state index is 15.4. The number of nitrogens with two attached hydrogens (primary N) is 1. The second-order valence-corrected chi connectivity index (χ2v) is 12.6. The first-order chi connectivity index (χ1) is 17.8. The van der Waals surface area contributed by atoms with E-state index in [1.807, 2.05) is 4.90 Å². The number of rotatable bonds is 4. The topological polar surface area (TPSA) is 123 Å². The second-order valence-electron chi connectivity index (χ2n) is 10.2. The van der Waals surface area contributed by atoms with Crippen LogP contribution in [0.25, 0.3) is 11.5 Å². The SMILES string of the molecule is CN1CC(c2nnc(-c3cc4c(cc3F)S(=O)(=O)C[C@H](N)C(=O)N4Cc3ccc(Cl)cc3)o2)C[C@@](C)(F)C1. The Morgan fingerprint density at radius 2 is 1.95 bits per heavy atom. The first kappa shape index (κ1) is 26.7. The van der Waals surface area contributed by atoms with Crippen LogP contribution < -0.4 is 10.6 Å². The molecule has 9 nitrogen and oxygen atoms in total. The molecule has 1 aromatic heterocycles. The summed E-state index contributed by atoms with van der Waals surface area (Å²) in [4.78, 5) is 15.9. The van der Waals surface area contributed by atoms with Gasteiger partial charge in [0.05, 0.1) is 40.4 Å². The second kappa shape index (κ2) is 9.67. The highest BCUT2D eigenvalue weighted by atomic mass is 35.5. The fourth-order valence-corrected chi connectivity index (χ4v) is 6.83. The number of benzene rings is 2. The summed E-state index contributed by atoms with van der Waals surface area (Å²) < 4.78 is 62.0. The maximum atomic E-state index is 15.4. The van der Waals surface area contributed by atoms with Crippen molar-refractivity contribution in [3.05, 3.63) is 58.7 Å². The molecule has 0 saturated carbocycles. The van der Waals surface area contributed by atoms with E-state index in [0.717, 1.165) is 6.07 Å². The van der Waals surface area contributed by atoms with Crippen molar-refractivity contribution in [3.63, 3.8) is 0 Å². The molecule has 3 heterocycles. The zero-order valence-corrected chi connectivity index (χ0v) is 22.3. The van der Waals surface area contributed by atoms with Gasteiger partial charge < -0.3 is 20.0 Å². The molecule has 38 heavy (non-hydrogen) atoms. The first-order valence-electron chi connectivity index (χ1n) is 11.9. The minimum absolute atomic E-state index is 0.0319. The lowest BCUT2D eigenvalue weighted by atomic mass is 9.88. The van der Waals surface area contributed by atoms with Gasteiger partial charge in [0.2, 0.25) is 11.8 Å². The Hall–Kier alpha value is -2.93. The van der Waals surface area contributed by atoms with E-state index in [1.54, 1.807) is 31.3 Å². The standard InChI is InChI=1S/C25H26ClF2N5O4S/c1-25(28)9-15(11-32(2)13-25)22-30-31-23(37-22)17-7-20-21(8-18(17)27)38(35,36)12-19(29)24(34)33(20)10-14-3-5-16(26)6-4-14/h3-8,15,19H,9-13,29H2,1-2H3/t15?,19-,25+/m0/s1. The first-order valence-corrected chi connectivity index (χ1v) is 13.9. The molecular formula is C25H26ClF2N5O4S. The summed E-state index contributed by atoms with van der Waals surface area (Å²) in [7, 11) is -2.32. The average Bonchev–Trinajstić information content (AvgIpc) is 3.30. The van der Waals surface area contributed by atoms with Gasteiger partial charge in [0.15, 0.2) is 9.84 Å². The van der Waals surface area contributed by atoms with Crippen LogP contribution in [0.4, 0.5) is 14.5 Å². The van der Waals surface area contributed by atoms with Crippen LogP contribution in [0, 0.1) is 5.82 Å². The number of hydrogen-bond donors (Lipinski definition) is 1. The number of aromatic nitrogens is 2. The third-order valence-corrected chi connectivity index (χ3v) is 8.78. The lowest BCUT2D eigenvalue weighted by Crippen LogP contribution is -2.45. The van der Waals surface area contributed by atoms with Crippen molar-refractivity contribution in [3.8, 4) is 11.5 Å². The van der Waals surface area contributed by atoms with Gasteiger partial charge in [-0.1, -0.05) is 23.7 Å². The van der Waals surface area contributed by atoms with E-state index in [-0.39, 0.29) is 47.4 Å². The highest BCUT2D eigenvalue weighted by Crippen LogP contribution is 2.39. The van der Waals surface area contributed by atoms with Crippen LogP contribution in [0.5, 0.6) is 0 Å². The number of amides is 1. The molecule has 0 bridgehead atoms. The summed E-state index contributed by atoms with van der Waals surface area (Å²) in [6.07, 6.45) is 0.158. The van der Waals surface area contributed by atoms with Gasteiger partial charge in [-0.05, 0) is 50.2 Å². The summed E-state index contributed by atoms with van der Waals surface area (Å²) in [6, 6.07) is 7.35. The largest absolute Gasteiger partial charge is 0.420 e. The Kier molecular flexibility index (Phi) is 6.79. The van der Waals surface area contributed by atoms with Crippen molar-refractivity contribution >= 4 is 33.0 Å². The fraction of sp³-hybridized carbons (Fsp3) is 0.400. The average molecular weight is 566 g/mol. The number of carbonyl (C=O) groups excluding carboxylic acids is 1. The van der Waals surface area contributed by atoms with Gasteiger partial charge in [0, 0.05) is 18.1 Å². The smallest absolute Gasteiger partial charge is 0.250 e. The number of fused-ring (bicyclic) bond motifs is 1. The number of likely N-dealkylation sites (tertiary alicyclic amines) is 1. The number of likely N-dealkylation sites (N-methyl/N-ethyl adjacent to an activating group) is 1. The molecule has 5 rings (SSSR count). The molecule has 0 spiro atoms. The number of piperidine rings is 1. The summed E-state index contributed by atoms with van der Waals surface area (Å²) >= 11 is 5.97. The molecule has 13 heteroatoms. The molecule has 2 N–H and O–H groups in total. The quantitative estimate of drug-likeness (QED) is 0.511. The molecule has 0 aliphatic carbocycles. The van der Waals surface area contributed by atoms with E-state index in [4.69, 9.17) is 21.8 Å². The third-order valence-electron chi connectivity index (χ3n) is 6.73. The molecule has 1 fully saturated rings. The number of alkyl halides is 1. The van der Waals surface area contributed by atoms with Gasteiger partial charge in [0.25, 0.3) is 5.89 Å². The summed E-state index contributed by atoms with van der Waals surface area (Å²) in [5.74, 6) is -2.70. The molecule has 2 aromatic carbocycles. The summed E-state index contributed by atoms with van der Waals surface area (Å²) in [5, 5.41) is 8.49. The molecule has 2 aliphatic rings. The minimum atomic E-state index is -4.11. The lowest BCUT2D eigenvalue weighted by Gasteiger charge is -2.36. The molecular weight excluding hydrogens is 540 g/mol. The van der Waals surface area contributed by atoms with E-state index in [2.05, 4.69) is 10.2 Å². The zero-order chi connectivity index (χ0) is 27.4. The van der Waals surface area contributed by atoms with Crippen molar-refractivity contribution in [2.24, 2.45) is 5.73 Å². The van der Waals surface area contributed by atoms with Gasteiger partial charge in [0.1, 0.15) is 11.5 Å². The Labute approximate surface area is 223 Å². The van der Waals surface area contributed by atoms with Gasteiger partial charge >= 0.3 is 0 Å². The molecule has 1 unspecified atom stereocenters. The highest BCUT2D eigenvalue weighted by Gasteiger charge is 2.39. The van der Waals surface area contributed by atoms with Crippen LogP contribution >= 0.6 is 11.6 Å². The van der Waals surface area contributed by atoms with E-state index in [1.165, 1.54) is 17.9 Å². The van der Waals surface area contributed by atoms with Crippen LogP contribution in [0.15, 0.2) is 45.7 Å². The Balaban J connectivity index is 1.58. The van der Waals surface area contributed by atoms with E-state index in [0.29, 0.717) is 17.1 Å². The summed E-state index contributed by atoms with van der Waals surface area (Å²) in [6.45, 7) is 2.21. The van der Waals surface area contributed by atoms with Crippen LogP contribution in [-0.2, 0) is 21.2 Å². The number of hydrogen-bond acceptors (Lipinski definition) is 8. The molecule has 2 aliphatic heterocycles. The van der Waals surface area contributed by atoms with Crippen molar-refractivity contribution in [1.29, 1.82) is 0 Å². The number of sulfone groups is 1. The van der Waals surface area contributed by atoms with Crippen molar-refractivity contribution in [1.82, 2.24) is 15.1 Å². The Morgan fingerprint density at radius 3 is 2.63 bits per heavy atom. The molecule has 3 aromatic rings. The zero-order valence-electron chi connectivity index (χ0n) is 20.7. The lowest BCUT2D eigenvalue weighted by molar-refractivity contribution is -0.119. The van der Waals surface area contributed by atoms with Gasteiger partial charge in [-0.25, -0.2) is 17.2 Å². The predicted molar refractivity (Wildman–Crippen MR) is 137 cm³/mol. The highest BCUT2D eigenvalue weighted by molar-refractivity contribution is 7.91. The fourth-order valence-electron chi connectivity index (χ4n) is 5.14. The Bertz CT molecular complexity index is 1500. The third kappa shape index (κ3) is 5.18. The number of nitrogens with zero attached hydrogens (tertiary/aromatic N) is 4. The van der Waals surface area contributed by atoms with E-state index < -0.39 is 44.9 Å². The Morgan fingerprint density at radius 1 is 1.24 bits per heavy atom. The van der Waals surface area contributed by atoms with Crippen LogP contribution in [0.2, 0.25) is 5.02 Å². The van der Waals surface area contributed by atoms with Crippen LogP contribution in [-0.4, -0.2) is 67.0 Å². The maximum Gasteiger partial charge on any atom is 0.250 e. The van der Waals surface area contributed by atoms with E-state index in [9.17, 15) is 17.6 Å². The van der Waals surface area contributed by atoms with Gasteiger partial charge in [-0.3, -0.25) is 4.79 Å². The normalized spacial score (nSPS) is 25.7. The number of halogens is 3. The molecule has 3 atom stereocenters. The van der Waals surface area contributed by atoms with E-state index >= 15 is 4.39 Å². The van der Waals surface area contributed by atoms with Crippen molar-refractivity contribution in [2.75, 3.05) is 30.8 Å². The number of anilines is 1. The van der Waals surface area contributed by atoms with Crippen LogP contribution in [0.3, 0.4) is 0 Å². The van der Waals surface area contributed by atoms with Gasteiger partial charge in [-0.2, -0.15) is 0 Å². The van der Waals surface area contributed by atoms with Crippen LogP contribution in [0.1, 0.15) is 30.7 Å².